The Kier molecular flexibility index (Phi) is 66.6. The lowest BCUT2D eigenvalue weighted by atomic mass is 10.0. The van der Waals surface area contributed by atoms with E-state index < -0.39 is 6.10 Å². The number of rotatable bonds is 66. The Balaban J connectivity index is 4.17. The van der Waals surface area contributed by atoms with Gasteiger partial charge >= 0.3 is 17.9 Å². The van der Waals surface area contributed by atoms with E-state index in [1.807, 2.05) is 0 Å². The normalized spacial score (nSPS) is 12.3. The summed E-state index contributed by atoms with van der Waals surface area (Å²) in [5.41, 5.74) is 0. The van der Waals surface area contributed by atoms with E-state index in [4.69, 9.17) is 14.2 Å². The Bertz CT molecular complexity index is 1380. The number of carbonyl (C=O) groups excluding carboxylic acids is 3. The minimum absolute atomic E-state index is 0.0757. The minimum atomic E-state index is -0.781. The van der Waals surface area contributed by atoms with Crippen LogP contribution < -0.4 is 0 Å². The summed E-state index contributed by atoms with van der Waals surface area (Å²) in [6, 6.07) is 0. The summed E-state index contributed by atoms with van der Waals surface area (Å²) in [6.45, 7) is 6.60. The molecule has 0 aliphatic rings. The number of ether oxygens (including phenoxy) is 3. The number of esters is 3. The summed E-state index contributed by atoms with van der Waals surface area (Å²) in [5.74, 6) is -0.871. The molecule has 80 heavy (non-hydrogen) atoms. The third-order valence-electron chi connectivity index (χ3n) is 16.0. The highest BCUT2D eigenvalue weighted by Crippen LogP contribution is 2.19. The largest absolute Gasteiger partial charge is 0.462 e. The maximum absolute atomic E-state index is 12.9. The zero-order valence-corrected chi connectivity index (χ0v) is 53.9. The van der Waals surface area contributed by atoms with Gasteiger partial charge < -0.3 is 14.2 Å². The number of unbranched alkanes of at least 4 members (excludes halogenated alkanes) is 47. The van der Waals surface area contributed by atoms with Crippen LogP contribution in [0.4, 0.5) is 0 Å². The van der Waals surface area contributed by atoms with Crippen LogP contribution in [0.5, 0.6) is 0 Å². The van der Waals surface area contributed by atoms with Gasteiger partial charge in [0.1, 0.15) is 13.2 Å². The molecular formula is C74H136O6. The van der Waals surface area contributed by atoms with E-state index in [0.717, 1.165) is 89.9 Å². The molecule has 1 atom stereocenters. The highest BCUT2D eigenvalue weighted by Gasteiger charge is 2.19. The van der Waals surface area contributed by atoms with Gasteiger partial charge in [-0.3, -0.25) is 14.4 Å². The molecule has 0 fully saturated rings. The van der Waals surface area contributed by atoms with Gasteiger partial charge in [0.25, 0.3) is 0 Å². The summed E-state index contributed by atoms with van der Waals surface area (Å²) in [5, 5.41) is 0. The Morgan fingerprint density at radius 3 is 0.762 bits per heavy atom. The molecule has 0 aliphatic carbocycles. The standard InChI is InChI=1S/C74H136O6/c1-4-7-10-13-16-19-22-25-27-29-31-32-33-34-35-36-37-38-39-40-41-43-44-46-49-52-55-58-61-64-67-73(76)79-70-71(69-78-72(75)66-63-60-57-54-51-48-24-21-18-15-12-9-6-3)80-74(77)68-65-62-59-56-53-50-47-45-42-30-28-26-23-20-17-14-11-8-5-2/h12,15,17,20-21,24,26,28,71H,4-11,13-14,16,18-19,22-23,25,27,29-70H2,1-3H3/b15-12-,20-17-,24-21-,28-26-. The first kappa shape index (κ1) is 77.4. The Hall–Kier alpha value is -2.63. The fourth-order valence-corrected chi connectivity index (χ4v) is 10.7. The monoisotopic (exact) mass is 1120 g/mol. The lowest BCUT2D eigenvalue weighted by Gasteiger charge is -2.18. The fraction of sp³-hybridized carbons (Fsp3) is 0.851. The second kappa shape index (κ2) is 68.9. The molecule has 1 unspecified atom stereocenters. The highest BCUT2D eigenvalue weighted by molar-refractivity contribution is 5.71. The molecular weight excluding hydrogens is 985 g/mol. The lowest BCUT2D eigenvalue weighted by Crippen LogP contribution is -2.30. The van der Waals surface area contributed by atoms with Crippen LogP contribution in [-0.2, 0) is 28.6 Å². The van der Waals surface area contributed by atoms with Crippen molar-refractivity contribution in [2.24, 2.45) is 0 Å². The van der Waals surface area contributed by atoms with Gasteiger partial charge in [-0.1, -0.05) is 339 Å². The van der Waals surface area contributed by atoms with Crippen LogP contribution >= 0.6 is 0 Å². The van der Waals surface area contributed by atoms with Gasteiger partial charge in [-0.05, 0) is 77.0 Å². The Morgan fingerprint density at radius 2 is 0.475 bits per heavy atom. The van der Waals surface area contributed by atoms with Gasteiger partial charge in [0.2, 0.25) is 0 Å². The fourth-order valence-electron chi connectivity index (χ4n) is 10.7. The Labute approximate surface area is 498 Å². The van der Waals surface area contributed by atoms with Crippen LogP contribution in [0.25, 0.3) is 0 Å². The van der Waals surface area contributed by atoms with Crippen molar-refractivity contribution in [3.63, 3.8) is 0 Å². The van der Waals surface area contributed by atoms with Crippen molar-refractivity contribution in [1.29, 1.82) is 0 Å². The molecule has 0 aliphatic heterocycles. The summed E-state index contributed by atoms with van der Waals surface area (Å²) in [4.78, 5) is 38.4. The van der Waals surface area contributed by atoms with E-state index in [1.54, 1.807) is 0 Å². The number of hydrogen-bond donors (Lipinski definition) is 0. The van der Waals surface area contributed by atoms with Crippen molar-refractivity contribution in [1.82, 2.24) is 0 Å². The molecule has 0 aromatic rings. The topological polar surface area (TPSA) is 78.9 Å². The summed E-state index contributed by atoms with van der Waals surface area (Å²) < 4.78 is 17.0. The van der Waals surface area contributed by atoms with E-state index in [1.165, 1.54) is 257 Å². The number of hydrogen-bond acceptors (Lipinski definition) is 6. The molecule has 0 rings (SSSR count). The lowest BCUT2D eigenvalue weighted by molar-refractivity contribution is -0.167. The maximum atomic E-state index is 12.9. The predicted molar refractivity (Wildman–Crippen MR) is 349 cm³/mol. The molecule has 0 amide bonds. The van der Waals surface area contributed by atoms with Crippen LogP contribution in [0.1, 0.15) is 387 Å². The molecule has 0 spiro atoms. The second-order valence-electron chi connectivity index (χ2n) is 24.1. The highest BCUT2D eigenvalue weighted by atomic mass is 16.6. The molecule has 0 saturated carbocycles. The summed E-state index contributed by atoms with van der Waals surface area (Å²) in [7, 11) is 0. The molecule has 6 heteroatoms. The smallest absolute Gasteiger partial charge is 0.306 e. The van der Waals surface area contributed by atoms with Gasteiger partial charge in [-0.25, -0.2) is 0 Å². The molecule has 468 valence electrons. The van der Waals surface area contributed by atoms with Gasteiger partial charge in [-0.15, -0.1) is 0 Å². The maximum Gasteiger partial charge on any atom is 0.306 e. The van der Waals surface area contributed by atoms with Gasteiger partial charge in [0.15, 0.2) is 6.10 Å². The minimum Gasteiger partial charge on any atom is -0.462 e. The van der Waals surface area contributed by atoms with Gasteiger partial charge in [-0.2, -0.15) is 0 Å². The van der Waals surface area contributed by atoms with E-state index in [-0.39, 0.29) is 31.1 Å². The molecule has 0 N–H and O–H groups in total. The molecule has 6 nitrogen and oxygen atoms in total. The third-order valence-corrected chi connectivity index (χ3v) is 16.0. The van der Waals surface area contributed by atoms with Crippen LogP contribution in [0.15, 0.2) is 48.6 Å². The van der Waals surface area contributed by atoms with Crippen molar-refractivity contribution in [2.75, 3.05) is 13.2 Å². The summed E-state index contributed by atoms with van der Waals surface area (Å²) >= 11 is 0. The van der Waals surface area contributed by atoms with E-state index in [2.05, 4.69) is 69.4 Å². The first-order chi connectivity index (χ1) is 39.5. The van der Waals surface area contributed by atoms with E-state index in [9.17, 15) is 14.4 Å². The number of allylic oxidation sites excluding steroid dienone is 8. The average Bonchev–Trinajstić information content (AvgIpc) is 3.46. The van der Waals surface area contributed by atoms with Crippen molar-refractivity contribution >= 4 is 17.9 Å². The first-order valence-electron chi connectivity index (χ1n) is 35.6. The molecule has 0 aromatic heterocycles. The number of carbonyl (C=O) groups is 3. The first-order valence-corrected chi connectivity index (χ1v) is 35.6. The van der Waals surface area contributed by atoms with Crippen LogP contribution in [0, 0.1) is 0 Å². The molecule has 0 aromatic carbocycles. The van der Waals surface area contributed by atoms with Crippen LogP contribution in [0.3, 0.4) is 0 Å². The Morgan fingerprint density at radius 1 is 0.250 bits per heavy atom. The van der Waals surface area contributed by atoms with Crippen molar-refractivity contribution < 1.29 is 28.6 Å². The van der Waals surface area contributed by atoms with Crippen LogP contribution in [0.2, 0.25) is 0 Å². The third kappa shape index (κ3) is 66.2. The average molecular weight is 1120 g/mol. The van der Waals surface area contributed by atoms with Gasteiger partial charge in [0.05, 0.1) is 0 Å². The van der Waals surface area contributed by atoms with E-state index in [0.29, 0.717) is 19.3 Å². The zero-order valence-electron chi connectivity index (χ0n) is 53.9. The van der Waals surface area contributed by atoms with Crippen molar-refractivity contribution in [2.45, 2.75) is 393 Å². The van der Waals surface area contributed by atoms with Crippen molar-refractivity contribution in [3.8, 4) is 0 Å². The SMILES string of the molecule is CCC/C=C\C/C=C\CCCCCCCC(=O)OCC(COC(=O)CCCCCCCCCCCCCCCCCCCCCCCCCCCCCCCC)OC(=O)CCCCCCCCCCC/C=C\C/C=C\CCCCC. The molecule has 0 saturated heterocycles. The zero-order chi connectivity index (χ0) is 57.8. The quantitative estimate of drug-likeness (QED) is 0.0261. The summed E-state index contributed by atoms with van der Waals surface area (Å²) in [6.07, 6.45) is 87.3. The van der Waals surface area contributed by atoms with Crippen LogP contribution in [-0.4, -0.2) is 37.2 Å². The second-order valence-corrected chi connectivity index (χ2v) is 24.1. The van der Waals surface area contributed by atoms with Gasteiger partial charge in [0, 0.05) is 19.3 Å². The van der Waals surface area contributed by atoms with E-state index >= 15 is 0 Å². The molecule has 0 radical (unpaired) electrons. The molecule has 0 bridgehead atoms. The van der Waals surface area contributed by atoms with Crippen molar-refractivity contribution in [3.05, 3.63) is 48.6 Å². The predicted octanol–water partition coefficient (Wildman–Crippen LogP) is 24.5. The molecule has 0 heterocycles.